The maximum Gasteiger partial charge on any atom is 0.291 e. The van der Waals surface area contributed by atoms with Crippen LogP contribution in [0.2, 0.25) is 0 Å². The van der Waals surface area contributed by atoms with Crippen molar-refractivity contribution >= 4 is 56.4 Å². The molecular formula is C24H15N5O3S2. The van der Waals surface area contributed by atoms with Gasteiger partial charge in [-0.25, -0.2) is 0 Å². The summed E-state index contributed by atoms with van der Waals surface area (Å²) in [4.78, 5) is 46.6. The number of rotatable bonds is 4. The van der Waals surface area contributed by atoms with Gasteiger partial charge < -0.3 is 5.32 Å². The minimum atomic E-state index is -0.399. The molecule has 0 saturated carbocycles. The predicted molar refractivity (Wildman–Crippen MR) is 132 cm³/mol. The molecule has 5 aromatic rings. The van der Waals surface area contributed by atoms with E-state index in [-0.39, 0.29) is 22.6 Å². The van der Waals surface area contributed by atoms with Crippen molar-refractivity contribution in [1.29, 1.82) is 0 Å². The molecule has 0 atom stereocenters. The molecule has 2 amide bonds. The molecule has 0 fully saturated rings. The van der Waals surface area contributed by atoms with E-state index in [4.69, 9.17) is 0 Å². The summed E-state index contributed by atoms with van der Waals surface area (Å²) in [6, 6.07) is 20.0. The van der Waals surface area contributed by atoms with E-state index < -0.39 is 11.5 Å². The first-order valence-electron chi connectivity index (χ1n) is 10.3. The number of carbonyl (C=O) groups excluding carboxylic acids is 2. The quantitative estimate of drug-likeness (QED) is 0.422. The number of thiazole rings is 1. The summed E-state index contributed by atoms with van der Waals surface area (Å²) >= 11 is 2.61. The molecule has 34 heavy (non-hydrogen) atoms. The molecule has 0 aliphatic carbocycles. The number of thiophene rings is 1. The van der Waals surface area contributed by atoms with E-state index in [1.165, 1.54) is 20.8 Å². The number of hydrogen-bond acceptors (Lipinski definition) is 7. The number of nitrogens with zero attached hydrogens (tertiary/aromatic N) is 4. The van der Waals surface area contributed by atoms with E-state index in [1.54, 1.807) is 36.4 Å². The molecule has 0 unspecified atom stereocenters. The number of amides is 2. The van der Waals surface area contributed by atoms with Gasteiger partial charge in [0.05, 0.1) is 16.1 Å². The van der Waals surface area contributed by atoms with Crippen LogP contribution in [0.25, 0.3) is 21.2 Å². The van der Waals surface area contributed by atoms with Gasteiger partial charge in [0.15, 0.2) is 5.82 Å². The van der Waals surface area contributed by atoms with Crippen LogP contribution in [-0.4, -0.2) is 33.0 Å². The van der Waals surface area contributed by atoms with E-state index in [2.05, 4.69) is 15.4 Å². The van der Waals surface area contributed by atoms with Gasteiger partial charge in [0.25, 0.3) is 11.5 Å². The number of benzene rings is 2. The standard InChI is InChI=1S/C24H15N5O3S2/c30-18(25-14-7-2-1-3-8-14)13-28-16-10-5-4-9-15(16)19(22(28)31)20-23(32)29-24(34-20)26-21(27-29)17-11-6-12-33-17/h1-12H,13H2,(H,25,30)/b20-19-. The van der Waals surface area contributed by atoms with Crippen LogP contribution in [0.15, 0.2) is 76.9 Å². The minimum Gasteiger partial charge on any atom is -0.325 e. The zero-order chi connectivity index (χ0) is 23.2. The molecule has 0 spiro atoms. The van der Waals surface area contributed by atoms with Crippen molar-refractivity contribution in [3.63, 3.8) is 0 Å². The van der Waals surface area contributed by atoms with Crippen LogP contribution in [-0.2, 0) is 9.59 Å². The van der Waals surface area contributed by atoms with Crippen LogP contribution in [0.5, 0.6) is 0 Å². The average Bonchev–Trinajstić information content (AvgIpc) is 3.61. The molecule has 2 aromatic carbocycles. The Bertz CT molecular complexity index is 1670. The van der Waals surface area contributed by atoms with Crippen LogP contribution in [0.3, 0.4) is 0 Å². The third-order valence-corrected chi connectivity index (χ3v) is 7.30. The lowest BCUT2D eigenvalue weighted by molar-refractivity contribution is -0.118. The highest BCUT2D eigenvalue weighted by Crippen LogP contribution is 2.35. The Hall–Kier alpha value is -4.15. The molecule has 3 aromatic heterocycles. The SMILES string of the molecule is O=C(CN1C(=O)/C(=c2\sc3nc(-c4cccs4)nn3c2=O)c2ccccc21)Nc1ccccc1. The summed E-state index contributed by atoms with van der Waals surface area (Å²) in [6.45, 7) is -0.175. The summed E-state index contributed by atoms with van der Waals surface area (Å²) in [7, 11) is 0. The van der Waals surface area contributed by atoms with Crippen molar-refractivity contribution in [2.45, 2.75) is 0 Å². The lowest BCUT2D eigenvalue weighted by Crippen LogP contribution is -2.37. The van der Waals surface area contributed by atoms with Gasteiger partial charge >= 0.3 is 0 Å². The van der Waals surface area contributed by atoms with Gasteiger partial charge in [-0.2, -0.15) is 9.50 Å². The van der Waals surface area contributed by atoms with Gasteiger partial charge in [0, 0.05) is 11.3 Å². The highest BCUT2D eigenvalue weighted by Gasteiger charge is 2.35. The van der Waals surface area contributed by atoms with Gasteiger partial charge in [0.2, 0.25) is 10.9 Å². The summed E-state index contributed by atoms with van der Waals surface area (Å²) < 4.78 is 1.50. The Morgan fingerprint density at radius 1 is 0.971 bits per heavy atom. The van der Waals surface area contributed by atoms with Gasteiger partial charge in [-0.15, -0.1) is 16.4 Å². The normalized spacial score (nSPS) is 14.6. The van der Waals surface area contributed by atoms with Crippen molar-refractivity contribution in [2.24, 2.45) is 0 Å². The Morgan fingerprint density at radius 3 is 2.53 bits per heavy atom. The zero-order valence-electron chi connectivity index (χ0n) is 17.5. The van der Waals surface area contributed by atoms with Gasteiger partial charge in [-0.05, 0) is 29.6 Å². The van der Waals surface area contributed by atoms with E-state index in [9.17, 15) is 14.4 Å². The highest BCUT2D eigenvalue weighted by molar-refractivity contribution is 7.15. The molecule has 166 valence electrons. The largest absolute Gasteiger partial charge is 0.325 e. The summed E-state index contributed by atoms with van der Waals surface area (Å²) in [6.07, 6.45) is 0. The lowest BCUT2D eigenvalue weighted by Gasteiger charge is -2.16. The van der Waals surface area contributed by atoms with E-state index >= 15 is 0 Å². The van der Waals surface area contributed by atoms with Crippen molar-refractivity contribution in [3.05, 3.63) is 92.6 Å². The van der Waals surface area contributed by atoms with Gasteiger partial charge in [-0.1, -0.05) is 53.8 Å². The molecule has 1 N–H and O–H groups in total. The Kier molecular flexibility index (Phi) is 4.82. The fraction of sp³-hybridized carbons (Fsp3) is 0.0417. The Morgan fingerprint density at radius 2 is 1.76 bits per heavy atom. The number of anilines is 2. The van der Waals surface area contributed by atoms with Crippen LogP contribution in [0.1, 0.15) is 5.56 Å². The number of para-hydroxylation sites is 2. The van der Waals surface area contributed by atoms with Crippen LogP contribution < -0.4 is 20.3 Å². The Balaban J connectivity index is 1.41. The fourth-order valence-corrected chi connectivity index (χ4v) is 5.57. The molecule has 1 aliphatic rings. The van der Waals surface area contributed by atoms with Crippen LogP contribution in [0, 0.1) is 0 Å². The third kappa shape index (κ3) is 3.31. The maximum atomic E-state index is 13.5. The molecule has 6 rings (SSSR count). The van der Waals surface area contributed by atoms with Crippen molar-refractivity contribution in [1.82, 2.24) is 14.6 Å². The average molecular weight is 486 g/mol. The molecule has 0 bridgehead atoms. The van der Waals surface area contributed by atoms with Crippen molar-refractivity contribution < 1.29 is 9.59 Å². The van der Waals surface area contributed by atoms with Crippen molar-refractivity contribution in [3.8, 4) is 10.7 Å². The van der Waals surface area contributed by atoms with E-state index in [0.29, 0.717) is 27.7 Å². The van der Waals surface area contributed by atoms with E-state index in [0.717, 1.165) is 16.2 Å². The molecule has 0 saturated heterocycles. The molecule has 8 nitrogen and oxygen atoms in total. The number of carbonyl (C=O) groups is 2. The van der Waals surface area contributed by atoms with Crippen LogP contribution >= 0.6 is 22.7 Å². The van der Waals surface area contributed by atoms with Gasteiger partial charge in [0.1, 0.15) is 11.1 Å². The monoisotopic (exact) mass is 485 g/mol. The molecule has 4 heterocycles. The fourth-order valence-electron chi connectivity index (χ4n) is 3.92. The second kappa shape index (κ2) is 8.01. The molecule has 1 aliphatic heterocycles. The zero-order valence-corrected chi connectivity index (χ0v) is 19.1. The number of nitrogens with one attached hydrogen (secondary N) is 1. The summed E-state index contributed by atoms with van der Waals surface area (Å²) in [5.41, 5.74) is 1.71. The first kappa shape index (κ1) is 20.5. The Labute approximate surface area is 200 Å². The number of fused-ring (bicyclic) bond motifs is 2. The van der Waals surface area contributed by atoms with E-state index in [1.807, 2.05) is 35.7 Å². The second-order valence-corrected chi connectivity index (χ2v) is 9.47. The second-order valence-electron chi connectivity index (χ2n) is 7.54. The highest BCUT2D eigenvalue weighted by atomic mass is 32.1. The van der Waals surface area contributed by atoms with Crippen molar-refractivity contribution in [2.75, 3.05) is 16.8 Å². The van der Waals surface area contributed by atoms with Gasteiger partial charge in [-0.3, -0.25) is 19.3 Å². The maximum absolute atomic E-state index is 13.5. The lowest BCUT2D eigenvalue weighted by atomic mass is 10.1. The topological polar surface area (TPSA) is 96.7 Å². The molecule has 0 radical (unpaired) electrons. The smallest absolute Gasteiger partial charge is 0.291 e. The first-order chi connectivity index (χ1) is 16.6. The first-order valence-corrected chi connectivity index (χ1v) is 12.0. The number of hydrogen-bond donors (Lipinski definition) is 1. The summed E-state index contributed by atoms with van der Waals surface area (Å²) in [5, 5.41) is 9.07. The third-order valence-electron chi connectivity index (χ3n) is 5.41. The molecular weight excluding hydrogens is 470 g/mol. The summed E-state index contributed by atoms with van der Waals surface area (Å²) in [5.74, 6) is -0.252. The van der Waals surface area contributed by atoms with Crippen LogP contribution in [0.4, 0.5) is 11.4 Å². The molecule has 10 heteroatoms. The number of aromatic nitrogens is 3. The minimum absolute atomic E-state index is 0.175. The predicted octanol–water partition coefficient (Wildman–Crippen LogP) is 2.78.